The summed E-state index contributed by atoms with van der Waals surface area (Å²) in [6.07, 6.45) is 2.96. The third kappa shape index (κ3) is 11.3. The molecule has 0 N–H and O–H groups in total. The SMILES string of the molecule is CCOCCOCCOc1ccc(/C=C/C(=O)OOC(C)(C)C)cc1. The minimum Gasteiger partial charge on any atom is -0.491 e. The molecule has 0 amide bonds. The maximum atomic E-state index is 11.5. The maximum Gasteiger partial charge on any atom is 0.365 e. The Morgan fingerprint density at radius 1 is 1.00 bits per heavy atom. The van der Waals surface area contributed by atoms with E-state index < -0.39 is 11.6 Å². The summed E-state index contributed by atoms with van der Waals surface area (Å²) in [6, 6.07) is 7.35. The van der Waals surface area contributed by atoms with Gasteiger partial charge < -0.3 is 14.2 Å². The first-order valence-electron chi connectivity index (χ1n) is 8.37. The van der Waals surface area contributed by atoms with Crippen LogP contribution in [-0.4, -0.2) is 44.6 Å². The van der Waals surface area contributed by atoms with E-state index in [0.29, 0.717) is 33.0 Å². The molecule has 140 valence electrons. The Balaban J connectivity index is 2.26. The van der Waals surface area contributed by atoms with E-state index in [9.17, 15) is 4.79 Å². The van der Waals surface area contributed by atoms with Gasteiger partial charge in [-0.25, -0.2) is 4.79 Å². The number of benzene rings is 1. The van der Waals surface area contributed by atoms with Gasteiger partial charge in [-0.2, -0.15) is 4.89 Å². The van der Waals surface area contributed by atoms with Crippen LogP contribution in [0.3, 0.4) is 0 Å². The Hall–Kier alpha value is -1.89. The van der Waals surface area contributed by atoms with Gasteiger partial charge in [-0.3, -0.25) is 4.89 Å². The fraction of sp³-hybridized carbons (Fsp3) is 0.526. The van der Waals surface area contributed by atoms with Crippen molar-refractivity contribution in [3.8, 4) is 5.75 Å². The van der Waals surface area contributed by atoms with Crippen molar-refractivity contribution in [2.45, 2.75) is 33.3 Å². The monoisotopic (exact) mass is 352 g/mol. The molecule has 0 unspecified atom stereocenters. The molecule has 0 aromatic heterocycles. The average molecular weight is 352 g/mol. The van der Waals surface area contributed by atoms with E-state index in [-0.39, 0.29) is 0 Å². The van der Waals surface area contributed by atoms with Crippen molar-refractivity contribution in [2.24, 2.45) is 0 Å². The first-order valence-corrected chi connectivity index (χ1v) is 8.37. The van der Waals surface area contributed by atoms with Gasteiger partial charge in [0.2, 0.25) is 0 Å². The summed E-state index contributed by atoms with van der Waals surface area (Å²) >= 11 is 0. The molecule has 0 heterocycles. The van der Waals surface area contributed by atoms with E-state index in [1.165, 1.54) is 6.08 Å². The fourth-order valence-corrected chi connectivity index (χ4v) is 1.62. The lowest BCUT2D eigenvalue weighted by Crippen LogP contribution is -2.21. The highest BCUT2D eigenvalue weighted by atomic mass is 17.2. The van der Waals surface area contributed by atoms with Gasteiger partial charge in [0, 0.05) is 12.7 Å². The Kier molecular flexibility index (Phi) is 9.84. The molecule has 1 rings (SSSR count). The predicted molar refractivity (Wildman–Crippen MR) is 95.2 cm³/mol. The second-order valence-electron chi connectivity index (χ2n) is 6.16. The standard InChI is InChI=1S/C19H28O6/c1-5-21-12-13-22-14-15-23-17-9-6-16(7-10-17)8-11-18(20)24-25-19(2,3)4/h6-11H,5,12-15H2,1-4H3/b11-8+. The second-order valence-corrected chi connectivity index (χ2v) is 6.16. The molecule has 0 saturated heterocycles. The lowest BCUT2D eigenvalue weighted by atomic mass is 10.2. The molecule has 1 aromatic carbocycles. The molecular formula is C19H28O6. The average Bonchev–Trinajstić information content (AvgIpc) is 2.58. The maximum absolute atomic E-state index is 11.5. The molecular weight excluding hydrogens is 324 g/mol. The summed E-state index contributed by atoms with van der Waals surface area (Å²) in [7, 11) is 0. The van der Waals surface area contributed by atoms with Crippen LogP contribution < -0.4 is 4.74 Å². The summed E-state index contributed by atoms with van der Waals surface area (Å²) in [5, 5.41) is 0. The van der Waals surface area contributed by atoms with Gasteiger partial charge in [0.25, 0.3) is 0 Å². The van der Waals surface area contributed by atoms with Crippen molar-refractivity contribution in [1.82, 2.24) is 0 Å². The second kappa shape index (κ2) is 11.6. The van der Waals surface area contributed by atoms with Crippen LogP contribution in [0.25, 0.3) is 6.08 Å². The van der Waals surface area contributed by atoms with Gasteiger partial charge in [0.15, 0.2) is 0 Å². The van der Waals surface area contributed by atoms with Crippen LogP contribution in [0.2, 0.25) is 0 Å². The van der Waals surface area contributed by atoms with E-state index in [0.717, 1.165) is 11.3 Å². The van der Waals surface area contributed by atoms with Gasteiger partial charge in [-0.1, -0.05) is 12.1 Å². The summed E-state index contributed by atoms with van der Waals surface area (Å²) in [5.74, 6) is 0.184. The van der Waals surface area contributed by atoms with Crippen LogP contribution in [0.4, 0.5) is 0 Å². The van der Waals surface area contributed by atoms with Crippen LogP contribution in [0.15, 0.2) is 30.3 Å². The number of rotatable bonds is 11. The summed E-state index contributed by atoms with van der Waals surface area (Å²) in [4.78, 5) is 21.1. The fourth-order valence-electron chi connectivity index (χ4n) is 1.62. The minimum atomic E-state index is -0.556. The quantitative estimate of drug-likeness (QED) is 0.263. The molecule has 6 heteroatoms. The van der Waals surface area contributed by atoms with E-state index >= 15 is 0 Å². The molecule has 6 nitrogen and oxygen atoms in total. The Morgan fingerprint density at radius 3 is 2.28 bits per heavy atom. The number of hydrogen-bond acceptors (Lipinski definition) is 6. The molecule has 0 aliphatic rings. The van der Waals surface area contributed by atoms with E-state index in [1.807, 2.05) is 31.2 Å². The topological polar surface area (TPSA) is 63.2 Å². The highest BCUT2D eigenvalue weighted by Crippen LogP contribution is 2.13. The smallest absolute Gasteiger partial charge is 0.365 e. The van der Waals surface area contributed by atoms with Crippen molar-refractivity contribution in [3.63, 3.8) is 0 Å². The zero-order chi connectivity index (χ0) is 18.5. The molecule has 1 aromatic rings. The zero-order valence-corrected chi connectivity index (χ0v) is 15.4. The molecule has 0 fully saturated rings. The number of carbonyl (C=O) groups excluding carboxylic acids is 1. The van der Waals surface area contributed by atoms with Crippen molar-refractivity contribution in [3.05, 3.63) is 35.9 Å². The molecule has 0 aliphatic carbocycles. The minimum absolute atomic E-state index is 0.470. The summed E-state index contributed by atoms with van der Waals surface area (Å²) < 4.78 is 16.1. The zero-order valence-electron chi connectivity index (χ0n) is 15.4. The van der Waals surface area contributed by atoms with Crippen LogP contribution in [-0.2, 0) is 24.0 Å². The largest absolute Gasteiger partial charge is 0.491 e. The van der Waals surface area contributed by atoms with Crippen LogP contribution >= 0.6 is 0 Å². The third-order valence-electron chi connectivity index (χ3n) is 2.74. The Morgan fingerprint density at radius 2 is 1.64 bits per heavy atom. The van der Waals surface area contributed by atoms with Crippen LogP contribution in [0.1, 0.15) is 33.3 Å². The van der Waals surface area contributed by atoms with E-state index in [4.69, 9.17) is 19.1 Å². The van der Waals surface area contributed by atoms with E-state index in [1.54, 1.807) is 26.8 Å². The van der Waals surface area contributed by atoms with Crippen LogP contribution in [0, 0.1) is 0 Å². The highest BCUT2D eigenvalue weighted by Gasteiger charge is 2.13. The summed E-state index contributed by atoms with van der Waals surface area (Å²) in [6.45, 7) is 10.2. The van der Waals surface area contributed by atoms with Gasteiger partial charge in [-0.05, 0) is 51.5 Å². The molecule has 0 atom stereocenters. The molecule has 0 bridgehead atoms. The first kappa shape index (κ1) is 21.2. The van der Waals surface area contributed by atoms with Gasteiger partial charge in [0.1, 0.15) is 18.0 Å². The molecule has 0 saturated carbocycles. The van der Waals surface area contributed by atoms with Gasteiger partial charge in [-0.15, -0.1) is 0 Å². The number of ether oxygens (including phenoxy) is 3. The lowest BCUT2D eigenvalue weighted by molar-refractivity contribution is -0.316. The highest BCUT2D eigenvalue weighted by molar-refractivity contribution is 5.86. The first-order chi connectivity index (χ1) is 11.9. The Bertz CT molecular complexity index is 516. The predicted octanol–water partition coefficient (Wildman–Crippen LogP) is 3.41. The number of hydrogen-bond donors (Lipinski definition) is 0. The third-order valence-corrected chi connectivity index (χ3v) is 2.74. The van der Waals surface area contributed by atoms with Crippen molar-refractivity contribution >= 4 is 12.0 Å². The van der Waals surface area contributed by atoms with Crippen molar-refractivity contribution < 1.29 is 28.8 Å². The molecule has 25 heavy (non-hydrogen) atoms. The lowest BCUT2D eigenvalue weighted by Gasteiger charge is -2.15. The Labute approximate surface area is 149 Å². The molecule has 0 radical (unpaired) electrons. The number of carbonyl (C=O) groups is 1. The van der Waals surface area contributed by atoms with Crippen molar-refractivity contribution in [1.29, 1.82) is 0 Å². The van der Waals surface area contributed by atoms with E-state index in [2.05, 4.69) is 4.89 Å². The molecule has 0 aliphatic heterocycles. The van der Waals surface area contributed by atoms with Gasteiger partial charge >= 0.3 is 5.97 Å². The van der Waals surface area contributed by atoms with Crippen LogP contribution in [0.5, 0.6) is 5.75 Å². The summed E-state index contributed by atoms with van der Waals surface area (Å²) in [5.41, 5.74) is 0.322. The normalized spacial score (nSPS) is 11.7. The van der Waals surface area contributed by atoms with Gasteiger partial charge in [0.05, 0.1) is 19.8 Å². The molecule has 0 spiro atoms. The van der Waals surface area contributed by atoms with Crippen molar-refractivity contribution in [2.75, 3.05) is 33.0 Å².